The summed E-state index contributed by atoms with van der Waals surface area (Å²) in [6.45, 7) is 5.67. The number of nitrogens with zero attached hydrogens (tertiary/aromatic N) is 3. The zero-order chi connectivity index (χ0) is 21.7. The van der Waals surface area contributed by atoms with E-state index in [1.54, 1.807) is 24.0 Å². The zero-order valence-corrected chi connectivity index (χ0v) is 17.4. The van der Waals surface area contributed by atoms with E-state index in [0.717, 1.165) is 5.69 Å². The molecule has 1 saturated heterocycles. The first-order chi connectivity index (χ1) is 14.3. The Kier molecular flexibility index (Phi) is 7.05. The minimum atomic E-state index is -0.559. The Balaban J connectivity index is 1.61. The summed E-state index contributed by atoms with van der Waals surface area (Å²) in [5.41, 5.74) is 1.69. The molecule has 1 aliphatic heterocycles. The summed E-state index contributed by atoms with van der Waals surface area (Å²) in [5.74, 6) is -0.614. The van der Waals surface area contributed by atoms with E-state index in [0.29, 0.717) is 44.0 Å². The maximum absolute atomic E-state index is 14.4. The molecule has 0 spiro atoms. The number of para-hydroxylation sites is 1. The minimum absolute atomic E-state index is 0.0217. The lowest BCUT2D eigenvalue weighted by atomic mass is 10.1. The number of Topliss-reactive ketones (excluding diaryl/α,β-unsaturated/α-hetero) is 1. The molecule has 0 aliphatic carbocycles. The Hall–Kier alpha value is -2.93. The molecule has 160 valence electrons. The van der Waals surface area contributed by atoms with Crippen molar-refractivity contribution in [3.63, 3.8) is 0 Å². The predicted octanol–water partition coefficient (Wildman–Crippen LogP) is 2.56. The Morgan fingerprint density at radius 1 is 1.10 bits per heavy atom. The second-order valence-electron chi connectivity index (χ2n) is 7.66. The van der Waals surface area contributed by atoms with Gasteiger partial charge in [-0.1, -0.05) is 18.2 Å². The van der Waals surface area contributed by atoms with Crippen LogP contribution in [-0.2, 0) is 4.79 Å². The number of carbonyl (C=O) groups is 2. The number of aliphatic hydroxyl groups is 1. The zero-order valence-electron chi connectivity index (χ0n) is 17.4. The van der Waals surface area contributed by atoms with Crippen LogP contribution >= 0.6 is 0 Å². The van der Waals surface area contributed by atoms with Gasteiger partial charge in [0.15, 0.2) is 5.78 Å². The number of anilines is 2. The van der Waals surface area contributed by atoms with Crippen LogP contribution in [0.5, 0.6) is 0 Å². The highest BCUT2D eigenvalue weighted by Crippen LogP contribution is 2.22. The number of hydrogen-bond donors (Lipinski definition) is 1. The summed E-state index contributed by atoms with van der Waals surface area (Å²) in [6, 6.07) is 14.1. The number of piperazine rings is 1. The molecular formula is C23H28FN3O3. The summed E-state index contributed by atoms with van der Waals surface area (Å²) < 4.78 is 14.4. The van der Waals surface area contributed by atoms with E-state index in [9.17, 15) is 19.1 Å². The van der Waals surface area contributed by atoms with Crippen molar-refractivity contribution in [2.45, 2.75) is 20.0 Å². The van der Waals surface area contributed by atoms with Gasteiger partial charge in [-0.2, -0.15) is 0 Å². The van der Waals surface area contributed by atoms with Gasteiger partial charge in [0.25, 0.3) is 0 Å². The number of amides is 1. The fraction of sp³-hybridized carbons (Fsp3) is 0.391. The van der Waals surface area contributed by atoms with E-state index >= 15 is 0 Å². The van der Waals surface area contributed by atoms with Crippen LogP contribution in [-0.4, -0.2) is 67.1 Å². The third-order valence-corrected chi connectivity index (χ3v) is 5.26. The molecule has 0 bridgehead atoms. The van der Waals surface area contributed by atoms with Crippen LogP contribution < -0.4 is 9.80 Å². The van der Waals surface area contributed by atoms with Crippen molar-refractivity contribution in [2.24, 2.45) is 0 Å². The molecule has 3 rings (SSSR count). The number of aliphatic hydroxyl groups excluding tert-OH is 1. The van der Waals surface area contributed by atoms with E-state index in [1.165, 1.54) is 13.0 Å². The van der Waals surface area contributed by atoms with Crippen LogP contribution in [0.25, 0.3) is 0 Å². The molecule has 1 fully saturated rings. The molecule has 0 radical (unpaired) electrons. The summed E-state index contributed by atoms with van der Waals surface area (Å²) >= 11 is 0. The molecule has 0 saturated carbocycles. The molecule has 1 aliphatic rings. The molecule has 1 N–H and O–H groups in total. The highest BCUT2D eigenvalue weighted by atomic mass is 19.1. The maximum atomic E-state index is 14.4. The van der Waals surface area contributed by atoms with Crippen molar-refractivity contribution < 1.29 is 19.1 Å². The average molecular weight is 413 g/mol. The summed E-state index contributed by atoms with van der Waals surface area (Å²) in [6.07, 6.45) is -0.559. The van der Waals surface area contributed by atoms with Crippen molar-refractivity contribution in [3.05, 3.63) is 59.9 Å². The third-order valence-electron chi connectivity index (χ3n) is 5.26. The lowest BCUT2D eigenvalue weighted by molar-refractivity contribution is -0.130. The molecule has 30 heavy (non-hydrogen) atoms. The standard InChI is InChI=1S/C23H28FN3O3/c1-17(28)15-27(20-6-4-3-5-7-20)16-23(30)26-12-10-25(11-13-26)22-9-8-19(18(2)29)14-21(22)24/h3-9,14,17,28H,10-13,15-16H2,1-2H3. The van der Waals surface area contributed by atoms with Gasteiger partial charge in [0, 0.05) is 44.0 Å². The van der Waals surface area contributed by atoms with Gasteiger partial charge in [-0.3, -0.25) is 9.59 Å². The van der Waals surface area contributed by atoms with E-state index in [-0.39, 0.29) is 18.2 Å². The number of benzene rings is 2. The van der Waals surface area contributed by atoms with Gasteiger partial charge >= 0.3 is 0 Å². The highest BCUT2D eigenvalue weighted by Gasteiger charge is 2.25. The highest BCUT2D eigenvalue weighted by molar-refractivity contribution is 5.94. The van der Waals surface area contributed by atoms with Crippen LogP contribution in [0.4, 0.5) is 15.8 Å². The number of rotatable bonds is 7. The Morgan fingerprint density at radius 2 is 1.77 bits per heavy atom. The lowest BCUT2D eigenvalue weighted by Gasteiger charge is -2.37. The van der Waals surface area contributed by atoms with Gasteiger partial charge in [-0.25, -0.2) is 4.39 Å². The summed E-state index contributed by atoms with van der Waals surface area (Å²) in [7, 11) is 0. The second kappa shape index (κ2) is 9.71. The smallest absolute Gasteiger partial charge is 0.242 e. The predicted molar refractivity (Wildman–Crippen MR) is 116 cm³/mol. The molecular weight excluding hydrogens is 385 g/mol. The van der Waals surface area contributed by atoms with Gasteiger partial charge in [0.05, 0.1) is 18.3 Å². The molecule has 1 amide bonds. The fourth-order valence-electron chi connectivity index (χ4n) is 3.66. The monoisotopic (exact) mass is 413 g/mol. The van der Waals surface area contributed by atoms with Crippen LogP contribution in [0.15, 0.2) is 48.5 Å². The number of carbonyl (C=O) groups excluding carboxylic acids is 2. The number of ketones is 1. The summed E-state index contributed by atoms with van der Waals surface area (Å²) in [5, 5.41) is 9.82. The maximum Gasteiger partial charge on any atom is 0.242 e. The molecule has 6 nitrogen and oxygen atoms in total. The molecule has 2 aromatic carbocycles. The van der Waals surface area contributed by atoms with Crippen molar-refractivity contribution in [1.82, 2.24) is 4.90 Å². The first kappa shape index (κ1) is 21.8. The molecule has 1 atom stereocenters. The van der Waals surface area contributed by atoms with Crippen molar-refractivity contribution in [1.29, 1.82) is 0 Å². The molecule has 1 unspecified atom stereocenters. The summed E-state index contributed by atoms with van der Waals surface area (Å²) in [4.78, 5) is 29.8. The van der Waals surface area contributed by atoms with E-state index in [2.05, 4.69) is 0 Å². The second-order valence-corrected chi connectivity index (χ2v) is 7.66. The first-order valence-corrected chi connectivity index (χ1v) is 10.2. The average Bonchev–Trinajstić information content (AvgIpc) is 2.73. The largest absolute Gasteiger partial charge is 0.392 e. The first-order valence-electron chi connectivity index (χ1n) is 10.2. The molecule has 2 aromatic rings. The Morgan fingerprint density at radius 3 is 2.33 bits per heavy atom. The van der Waals surface area contributed by atoms with Gasteiger partial charge in [0.2, 0.25) is 5.91 Å². The van der Waals surface area contributed by atoms with Gasteiger partial charge in [-0.05, 0) is 44.2 Å². The normalized spacial score (nSPS) is 15.1. The minimum Gasteiger partial charge on any atom is -0.392 e. The topological polar surface area (TPSA) is 64.1 Å². The van der Waals surface area contributed by atoms with Crippen molar-refractivity contribution >= 4 is 23.1 Å². The van der Waals surface area contributed by atoms with Gasteiger partial charge in [-0.15, -0.1) is 0 Å². The van der Waals surface area contributed by atoms with Crippen LogP contribution in [0.1, 0.15) is 24.2 Å². The molecule has 1 heterocycles. The molecule has 7 heteroatoms. The number of halogens is 1. The fourth-order valence-corrected chi connectivity index (χ4v) is 3.66. The SMILES string of the molecule is CC(=O)c1ccc(N2CCN(C(=O)CN(CC(C)O)c3ccccc3)CC2)c(F)c1. The van der Waals surface area contributed by atoms with Crippen LogP contribution in [0, 0.1) is 5.82 Å². The van der Waals surface area contributed by atoms with Crippen LogP contribution in [0.3, 0.4) is 0 Å². The van der Waals surface area contributed by atoms with E-state index < -0.39 is 11.9 Å². The Labute approximate surface area is 176 Å². The lowest BCUT2D eigenvalue weighted by Crippen LogP contribution is -2.52. The Bertz CT molecular complexity index is 881. The van der Waals surface area contributed by atoms with E-state index in [4.69, 9.17) is 0 Å². The third kappa shape index (κ3) is 5.36. The van der Waals surface area contributed by atoms with E-state index in [1.807, 2.05) is 40.1 Å². The van der Waals surface area contributed by atoms with Gasteiger partial charge < -0.3 is 19.8 Å². The van der Waals surface area contributed by atoms with Gasteiger partial charge in [0.1, 0.15) is 5.82 Å². The quantitative estimate of drug-likeness (QED) is 0.707. The van der Waals surface area contributed by atoms with Crippen molar-refractivity contribution in [3.8, 4) is 0 Å². The molecule has 0 aromatic heterocycles. The van der Waals surface area contributed by atoms with Crippen LogP contribution in [0.2, 0.25) is 0 Å². The number of hydrogen-bond acceptors (Lipinski definition) is 5. The van der Waals surface area contributed by atoms with Crippen molar-refractivity contribution in [2.75, 3.05) is 49.1 Å².